The molecule has 148 valence electrons. The number of anilines is 1. The van der Waals surface area contributed by atoms with Crippen molar-refractivity contribution in [2.75, 3.05) is 25.0 Å². The SMILES string of the molecule is CCN(CC)C(=O)c1cccc(NC(=O)COC(=O)c2ccc(Cl)cc2O)c1. The molecule has 2 aromatic rings. The number of benzene rings is 2. The van der Waals surface area contributed by atoms with Gasteiger partial charge < -0.3 is 20.1 Å². The Bertz CT molecular complexity index is 881. The van der Waals surface area contributed by atoms with Crippen molar-refractivity contribution in [3.05, 3.63) is 58.6 Å². The van der Waals surface area contributed by atoms with Gasteiger partial charge >= 0.3 is 5.97 Å². The summed E-state index contributed by atoms with van der Waals surface area (Å²) in [5.74, 6) is -1.89. The summed E-state index contributed by atoms with van der Waals surface area (Å²) in [6.45, 7) is 4.40. The summed E-state index contributed by atoms with van der Waals surface area (Å²) >= 11 is 5.71. The van der Waals surface area contributed by atoms with Crippen LogP contribution in [0.1, 0.15) is 34.6 Å². The van der Waals surface area contributed by atoms with E-state index in [1.54, 1.807) is 29.2 Å². The first-order valence-electron chi connectivity index (χ1n) is 8.70. The number of hydrogen-bond donors (Lipinski definition) is 2. The molecule has 0 spiro atoms. The van der Waals surface area contributed by atoms with Gasteiger partial charge in [-0.05, 0) is 50.2 Å². The smallest absolute Gasteiger partial charge is 0.342 e. The van der Waals surface area contributed by atoms with Gasteiger partial charge in [-0.1, -0.05) is 17.7 Å². The standard InChI is InChI=1S/C20H21ClN2O5/c1-3-23(4-2)19(26)13-6-5-7-15(10-13)22-18(25)12-28-20(27)16-9-8-14(21)11-17(16)24/h5-11,24H,3-4,12H2,1-2H3,(H,22,25). The van der Waals surface area contributed by atoms with Crippen molar-refractivity contribution < 1.29 is 24.2 Å². The highest BCUT2D eigenvalue weighted by atomic mass is 35.5. The molecule has 0 saturated carbocycles. The highest BCUT2D eigenvalue weighted by Gasteiger charge is 2.16. The number of carbonyl (C=O) groups excluding carboxylic acids is 3. The molecule has 7 nitrogen and oxygen atoms in total. The molecule has 8 heteroatoms. The fraction of sp³-hybridized carbons (Fsp3) is 0.250. The average molecular weight is 405 g/mol. The van der Waals surface area contributed by atoms with Gasteiger partial charge in [-0.25, -0.2) is 4.79 Å². The Morgan fingerprint density at radius 1 is 1.11 bits per heavy atom. The second kappa shape index (κ2) is 9.75. The van der Waals surface area contributed by atoms with Crippen molar-refractivity contribution in [2.45, 2.75) is 13.8 Å². The van der Waals surface area contributed by atoms with E-state index in [0.717, 1.165) is 0 Å². The molecule has 28 heavy (non-hydrogen) atoms. The van der Waals surface area contributed by atoms with E-state index >= 15 is 0 Å². The summed E-state index contributed by atoms with van der Waals surface area (Å²) in [7, 11) is 0. The molecule has 2 amide bonds. The van der Waals surface area contributed by atoms with Crippen molar-refractivity contribution in [3.8, 4) is 5.75 Å². The van der Waals surface area contributed by atoms with Gasteiger partial charge in [-0.3, -0.25) is 9.59 Å². The molecule has 0 aliphatic carbocycles. The zero-order valence-electron chi connectivity index (χ0n) is 15.6. The second-order valence-electron chi connectivity index (χ2n) is 5.84. The number of phenols is 1. The Labute approximate surface area is 167 Å². The quantitative estimate of drug-likeness (QED) is 0.690. The molecule has 0 bridgehead atoms. The molecule has 2 N–H and O–H groups in total. The van der Waals surface area contributed by atoms with Crippen molar-refractivity contribution in [1.82, 2.24) is 4.90 Å². The van der Waals surface area contributed by atoms with E-state index in [0.29, 0.717) is 24.3 Å². The number of nitrogens with zero attached hydrogens (tertiary/aromatic N) is 1. The van der Waals surface area contributed by atoms with Gasteiger partial charge in [-0.2, -0.15) is 0 Å². The van der Waals surface area contributed by atoms with Gasteiger partial charge in [0.2, 0.25) is 0 Å². The molecular weight excluding hydrogens is 384 g/mol. The van der Waals surface area contributed by atoms with Crippen molar-refractivity contribution in [1.29, 1.82) is 0 Å². The van der Waals surface area contributed by atoms with Gasteiger partial charge in [-0.15, -0.1) is 0 Å². The summed E-state index contributed by atoms with van der Waals surface area (Å²) in [4.78, 5) is 38.1. The summed E-state index contributed by atoms with van der Waals surface area (Å²) in [5.41, 5.74) is 0.766. The maximum absolute atomic E-state index is 12.4. The van der Waals surface area contributed by atoms with Crippen LogP contribution in [0, 0.1) is 0 Å². The number of hydrogen-bond acceptors (Lipinski definition) is 5. The van der Waals surface area contributed by atoms with Gasteiger partial charge in [0.05, 0.1) is 0 Å². The third-order valence-corrected chi connectivity index (χ3v) is 4.19. The number of halogens is 1. The lowest BCUT2D eigenvalue weighted by atomic mass is 10.1. The Morgan fingerprint density at radius 2 is 1.82 bits per heavy atom. The summed E-state index contributed by atoms with van der Waals surface area (Å²) in [5, 5.41) is 12.6. The van der Waals surface area contributed by atoms with E-state index in [2.05, 4.69) is 5.32 Å². The van der Waals surface area contributed by atoms with E-state index < -0.39 is 18.5 Å². The van der Waals surface area contributed by atoms with Gasteiger partial charge in [0.25, 0.3) is 11.8 Å². The van der Waals surface area contributed by atoms with Crippen LogP contribution in [0.3, 0.4) is 0 Å². The minimum atomic E-state index is -0.852. The van der Waals surface area contributed by atoms with Crippen molar-refractivity contribution in [3.63, 3.8) is 0 Å². The fourth-order valence-electron chi connectivity index (χ4n) is 2.51. The van der Waals surface area contributed by atoms with E-state index in [1.807, 2.05) is 13.8 Å². The van der Waals surface area contributed by atoms with Crippen LogP contribution in [0.4, 0.5) is 5.69 Å². The van der Waals surface area contributed by atoms with Crippen LogP contribution < -0.4 is 5.32 Å². The van der Waals surface area contributed by atoms with E-state index in [-0.39, 0.29) is 22.2 Å². The zero-order chi connectivity index (χ0) is 20.7. The molecule has 2 rings (SSSR count). The van der Waals surface area contributed by atoms with Gasteiger partial charge in [0.1, 0.15) is 11.3 Å². The highest BCUT2D eigenvalue weighted by molar-refractivity contribution is 6.30. The summed E-state index contributed by atoms with van der Waals surface area (Å²) in [6, 6.07) is 10.5. The van der Waals surface area contributed by atoms with Crippen LogP contribution in [0.5, 0.6) is 5.75 Å². The summed E-state index contributed by atoms with van der Waals surface area (Å²) < 4.78 is 4.90. The molecular formula is C20H21ClN2O5. The summed E-state index contributed by atoms with van der Waals surface area (Å²) in [6.07, 6.45) is 0. The number of phenolic OH excluding ortho intramolecular Hbond substituents is 1. The predicted molar refractivity (Wildman–Crippen MR) is 106 cm³/mol. The number of carbonyl (C=O) groups is 3. The average Bonchev–Trinajstić information content (AvgIpc) is 2.67. The van der Waals surface area contributed by atoms with E-state index in [4.69, 9.17) is 16.3 Å². The Balaban J connectivity index is 1.97. The van der Waals surface area contributed by atoms with Crippen molar-refractivity contribution >= 4 is 35.1 Å². The lowest BCUT2D eigenvalue weighted by Gasteiger charge is -2.19. The molecule has 0 aromatic heterocycles. The van der Waals surface area contributed by atoms with Crippen molar-refractivity contribution in [2.24, 2.45) is 0 Å². The van der Waals surface area contributed by atoms with Crippen LogP contribution in [0.2, 0.25) is 5.02 Å². The van der Waals surface area contributed by atoms with Crippen LogP contribution in [0.15, 0.2) is 42.5 Å². The molecule has 0 aliphatic heterocycles. The van der Waals surface area contributed by atoms with E-state index in [1.165, 1.54) is 18.2 Å². The maximum Gasteiger partial charge on any atom is 0.342 e. The second-order valence-corrected chi connectivity index (χ2v) is 6.28. The molecule has 0 fully saturated rings. The van der Waals surface area contributed by atoms with Crippen LogP contribution >= 0.6 is 11.6 Å². The minimum absolute atomic E-state index is 0.0935. The van der Waals surface area contributed by atoms with Gasteiger partial charge in [0.15, 0.2) is 6.61 Å². The first-order chi connectivity index (χ1) is 13.3. The number of esters is 1. The van der Waals surface area contributed by atoms with Crippen LogP contribution in [-0.2, 0) is 9.53 Å². The van der Waals surface area contributed by atoms with Gasteiger partial charge in [0, 0.05) is 29.4 Å². The van der Waals surface area contributed by atoms with Crippen LogP contribution in [-0.4, -0.2) is 47.5 Å². The fourth-order valence-corrected chi connectivity index (χ4v) is 2.67. The minimum Gasteiger partial charge on any atom is -0.507 e. The molecule has 0 aliphatic rings. The number of aromatic hydroxyl groups is 1. The van der Waals surface area contributed by atoms with E-state index in [9.17, 15) is 19.5 Å². The monoisotopic (exact) mass is 404 g/mol. The largest absolute Gasteiger partial charge is 0.507 e. The first kappa shape index (κ1) is 21.2. The molecule has 0 atom stereocenters. The Hall–Kier alpha value is -3.06. The normalized spacial score (nSPS) is 10.2. The molecule has 2 aromatic carbocycles. The lowest BCUT2D eigenvalue weighted by molar-refractivity contribution is -0.119. The first-order valence-corrected chi connectivity index (χ1v) is 9.08. The molecule has 0 saturated heterocycles. The topological polar surface area (TPSA) is 95.9 Å². The number of nitrogens with one attached hydrogen (secondary N) is 1. The molecule has 0 heterocycles. The number of amides is 2. The molecule has 0 unspecified atom stereocenters. The Morgan fingerprint density at radius 3 is 2.46 bits per heavy atom. The third kappa shape index (κ3) is 5.47. The maximum atomic E-state index is 12.4. The molecule has 0 radical (unpaired) electrons. The Kier molecular flexibility index (Phi) is 7.40. The highest BCUT2D eigenvalue weighted by Crippen LogP contribution is 2.22. The third-order valence-electron chi connectivity index (χ3n) is 3.96. The lowest BCUT2D eigenvalue weighted by Crippen LogP contribution is -2.30. The number of ether oxygens (including phenoxy) is 1. The number of rotatable bonds is 7. The zero-order valence-corrected chi connectivity index (χ0v) is 16.3. The van der Waals surface area contributed by atoms with Crippen LogP contribution in [0.25, 0.3) is 0 Å². The predicted octanol–water partition coefficient (Wildman–Crippen LogP) is 3.32.